The summed E-state index contributed by atoms with van der Waals surface area (Å²) < 4.78 is 5.77. The van der Waals surface area contributed by atoms with E-state index in [4.69, 9.17) is 10.5 Å². The van der Waals surface area contributed by atoms with Crippen LogP contribution in [0.25, 0.3) is 0 Å². The van der Waals surface area contributed by atoms with Gasteiger partial charge in [-0.25, -0.2) is 4.99 Å². The number of ether oxygens (including phenoxy) is 1. The molecule has 19 heavy (non-hydrogen) atoms. The minimum Gasteiger partial charge on any atom is -0.437 e. The summed E-state index contributed by atoms with van der Waals surface area (Å²) in [6, 6.07) is 9.50. The minimum absolute atomic E-state index is 0.455. The predicted octanol–water partition coefficient (Wildman–Crippen LogP) is 3.03. The van der Waals surface area contributed by atoms with Gasteiger partial charge in [0.15, 0.2) is 0 Å². The van der Waals surface area contributed by atoms with Gasteiger partial charge in [0.05, 0.1) is 6.34 Å². The number of aliphatic imine (C=N–C) groups is 2. The van der Waals surface area contributed by atoms with Crippen LogP contribution < -0.4 is 10.5 Å². The Morgan fingerprint density at radius 3 is 2.89 bits per heavy atom. The molecule has 4 nitrogen and oxygen atoms in total. The van der Waals surface area contributed by atoms with Gasteiger partial charge in [-0.1, -0.05) is 24.3 Å². The molecule has 2 N–H and O–H groups in total. The normalized spacial score (nSPS) is 18.1. The van der Waals surface area contributed by atoms with Crippen LogP contribution in [0.2, 0.25) is 0 Å². The first-order valence-electron chi connectivity index (χ1n) is 6.22. The largest absolute Gasteiger partial charge is 0.437 e. The lowest BCUT2D eigenvalue weighted by Gasteiger charge is -2.09. The fourth-order valence-corrected chi connectivity index (χ4v) is 1.76. The summed E-state index contributed by atoms with van der Waals surface area (Å²) in [5, 5.41) is 0. The summed E-state index contributed by atoms with van der Waals surface area (Å²) in [6.07, 6.45) is 7.02. The summed E-state index contributed by atoms with van der Waals surface area (Å²) in [7, 11) is 0. The van der Waals surface area contributed by atoms with E-state index in [-0.39, 0.29) is 0 Å². The number of benzene rings is 1. The van der Waals surface area contributed by atoms with E-state index in [0.29, 0.717) is 5.88 Å². The van der Waals surface area contributed by atoms with E-state index in [1.165, 1.54) is 6.34 Å². The fraction of sp³-hybridized carbons (Fsp3) is 0.200. The van der Waals surface area contributed by atoms with Crippen LogP contribution in [0.4, 0.5) is 0 Å². The molecular formula is C15H17N3O. The first kappa shape index (κ1) is 13.1. The first-order chi connectivity index (χ1) is 9.29. The number of hydrogen-bond donors (Lipinski definition) is 1. The molecule has 4 heteroatoms. The Kier molecular flexibility index (Phi) is 4.50. The highest BCUT2D eigenvalue weighted by atomic mass is 16.5. The molecule has 0 amide bonds. The molecule has 0 aliphatic carbocycles. The Hall–Kier alpha value is -2.36. The van der Waals surface area contributed by atoms with Crippen molar-refractivity contribution in [1.82, 2.24) is 0 Å². The number of hydrogen-bond acceptors (Lipinski definition) is 3. The molecule has 0 fully saturated rings. The fourth-order valence-electron chi connectivity index (χ4n) is 1.76. The molecule has 0 atom stereocenters. The Balaban J connectivity index is 2.31. The van der Waals surface area contributed by atoms with Gasteiger partial charge in [0.1, 0.15) is 11.4 Å². The molecule has 0 saturated carbocycles. The molecular weight excluding hydrogens is 238 g/mol. The van der Waals surface area contributed by atoms with E-state index in [1.807, 2.05) is 43.3 Å². The third-order valence-corrected chi connectivity index (χ3v) is 2.61. The monoisotopic (exact) mass is 255 g/mol. The van der Waals surface area contributed by atoms with Crippen molar-refractivity contribution in [2.24, 2.45) is 15.7 Å². The number of nitrogens with zero attached hydrogens (tertiary/aromatic N) is 2. The molecule has 98 valence electrons. The van der Waals surface area contributed by atoms with Gasteiger partial charge in [0.2, 0.25) is 5.88 Å². The topological polar surface area (TPSA) is 60.0 Å². The maximum atomic E-state index is 5.77. The average molecular weight is 255 g/mol. The quantitative estimate of drug-likeness (QED) is 0.512. The Morgan fingerprint density at radius 1 is 1.37 bits per heavy atom. The van der Waals surface area contributed by atoms with E-state index in [0.717, 1.165) is 30.0 Å². The SMILES string of the molecule is CC1=N/C(=C(/N=C\N)Oc2ccccc2)CCC=C1. The van der Waals surface area contributed by atoms with Crippen molar-refractivity contribution in [3.63, 3.8) is 0 Å². The van der Waals surface area contributed by atoms with Gasteiger partial charge >= 0.3 is 0 Å². The smallest absolute Gasteiger partial charge is 0.242 e. The Bertz CT molecular complexity index is 542. The summed E-state index contributed by atoms with van der Waals surface area (Å²) >= 11 is 0. The predicted molar refractivity (Wildman–Crippen MR) is 78.3 cm³/mol. The van der Waals surface area contributed by atoms with Crippen molar-refractivity contribution in [3.05, 3.63) is 54.1 Å². The van der Waals surface area contributed by atoms with E-state index in [1.54, 1.807) is 0 Å². The Morgan fingerprint density at radius 2 is 2.16 bits per heavy atom. The van der Waals surface area contributed by atoms with Crippen molar-refractivity contribution in [2.45, 2.75) is 19.8 Å². The standard InChI is InChI=1S/C15H17N3O/c1-12-7-5-6-10-14(18-12)15(17-11-16)19-13-8-3-2-4-9-13/h2-5,7-9,11H,6,10H2,1H3,(H2,16,17)/b15-14-. The third-order valence-electron chi connectivity index (χ3n) is 2.61. The van der Waals surface area contributed by atoms with Crippen LogP contribution in [0.3, 0.4) is 0 Å². The van der Waals surface area contributed by atoms with Crippen molar-refractivity contribution < 1.29 is 4.74 Å². The number of nitrogens with two attached hydrogens (primary N) is 1. The van der Waals surface area contributed by atoms with Crippen molar-refractivity contribution in [1.29, 1.82) is 0 Å². The third kappa shape index (κ3) is 3.81. The molecule has 0 aromatic heterocycles. The Labute approximate surface area is 113 Å². The van der Waals surface area contributed by atoms with Crippen molar-refractivity contribution in [3.8, 4) is 5.75 Å². The highest BCUT2D eigenvalue weighted by Crippen LogP contribution is 2.21. The minimum atomic E-state index is 0.455. The summed E-state index contributed by atoms with van der Waals surface area (Å²) in [6.45, 7) is 1.95. The molecule has 1 aliphatic heterocycles. The first-order valence-corrected chi connectivity index (χ1v) is 6.22. The van der Waals surface area contributed by atoms with Crippen molar-refractivity contribution in [2.75, 3.05) is 0 Å². The average Bonchev–Trinajstić information content (AvgIpc) is 2.64. The van der Waals surface area contributed by atoms with Crippen LogP contribution in [-0.2, 0) is 0 Å². The molecule has 1 aliphatic rings. The number of rotatable bonds is 3. The number of para-hydroxylation sites is 1. The molecule has 1 heterocycles. The van der Waals surface area contributed by atoms with Gasteiger partial charge in [-0.3, -0.25) is 4.99 Å². The van der Waals surface area contributed by atoms with Gasteiger partial charge in [0.25, 0.3) is 0 Å². The molecule has 0 bridgehead atoms. The lowest BCUT2D eigenvalue weighted by Crippen LogP contribution is -2.01. The maximum Gasteiger partial charge on any atom is 0.242 e. The van der Waals surface area contributed by atoms with Gasteiger partial charge in [-0.15, -0.1) is 0 Å². The zero-order valence-corrected chi connectivity index (χ0v) is 10.9. The zero-order chi connectivity index (χ0) is 13.5. The lowest BCUT2D eigenvalue weighted by atomic mass is 10.2. The lowest BCUT2D eigenvalue weighted by molar-refractivity contribution is 0.411. The molecule has 0 unspecified atom stereocenters. The zero-order valence-electron chi connectivity index (χ0n) is 10.9. The van der Waals surface area contributed by atoms with Gasteiger partial charge in [-0.05, 0) is 38.0 Å². The van der Waals surface area contributed by atoms with E-state index in [2.05, 4.69) is 16.1 Å². The molecule has 1 aromatic rings. The molecule has 0 spiro atoms. The van der Waals surface area contributed by atoms with Crippen LogP contribution in [-0.4, -0.2) is 12.1 Å². The highest BCUT2D eigenvalue weighted by molar-refractivity contribution is 5.93. The van der Waals surface area contributed by atoms with Crippen LogP contribution in [0.15, 0.2) is 64.0 Å². The maximum absolute atomic E-state index is 5.77. The van der Waals surface area contributed by atoms with E-state index in [9.17, 15) is 0 Å². The molecule has 0 radical (unpaired) electrons. The molecule has 2 rings (SSSR count). The van der Waals surface area contributed by atoms with Crippen LogP contribution in [0, 0.1) is 0 Å². The van der Waals surface area contributed by atoms with Gasteiger partial charge in [0, 0.05) is 5.71 Å². The summed E-state index contributed by atoms with van der Waals surface area (Å²) in [4.78, 5) is 8.60. The van der Waals surface area contributed by atoms with Crippen LogP contribution >= 0.6 is 0 Å². The van der Waals surface area contributed by atoms with Gasteiger partial charge < -0.3 is 10.5 Å². The van der Waals surface area contributed by atoms with Gasteiger partial charge in [-0.2, -0.15) is 0 Å². The summed E-state index contributed by atoms with van der Waals surface area (Å²) in [5.41, 5.74) is 7.15. The summed E-state index contributed by atoms with van der Waals surface area (Å²) in [5.74, 6) is 1.18. The van der Waals surface area contributed by atoms with Crippen molar-refractivity contribution >= 4 is 12.1 Å². The molecule has 1 aromatic carbocycles. The second kappa shape index (κ2) is 6.54. The highest BCUT2D eigenvalue weighted by Gasteiger charge is 2.09. The van der Waals surface area contributed by atoms with Crippen LogP contribution in [0.5, 0.6) is 5.75 Å². The van der Waals surface area contributed by atoms with Crippen LogP contribution in [0.1, 0.15) is 19.8 Å². The number of allylic oxidation sites excluding steroid dienone is 3. The van der Waals surface area contributed by atoms with E-state index >= 15 is 0 Å². The second-order valence-corrected chi connectivity index (χ2v) is 4.14. The molecule has 0 saturated heterocycles. The second-order valence-electron chi connectivity index (χ2n) is 4.14. The van der Waals surface area contributed by atoms with E-state index < -0.39 is 0 Å².